The molecule has 0 aliphatic rings. The standard InChI is InChI=1S/C12H18N2O3S/c1-8(5-6-15)14-12(17)11-4-3-10(18-11)7-13-9(2)16/h3-4,8,15H,5-7H2,1-2H3,(H,13,16)(H,14,17). The van der Waals surface area contributed by atoms with Crippen LogP contribution >= 0.6 is 11.3 Å². The third-order valence-corrected chi connectivity index (χ3v) is 3.42. The van der Waals surface area contributed by atoms with Crippen molar-refractivity contribution in [3.63, 3.8) is 0 Å². The lowest BCUT2D eigenvalue weighted by Crippen LogP contribution is -2.32. The highest BCUT2D eigenvalue weighted by Crippen LogP contribution is 2.16. The Balaban J connectivity index is 2.51. The second kappa shape index (κ2) is 7.13. The molecule has 1 rings (SSSR count). The average molecular weight is 270 g/mol. The number of rotatable bonds is 6. The molecule has 0 spiro atoms. The first-order chi connectivity index (χ1) is 8.52. The molecular weight excluding hydrogens is 252 g/mol. The summed E-state index contributed by atoms with van der Waals surface area (Å²) in [6, 6.07) is 3.51. The Morgan fingerprint density at radius 2 is 2.17 bits per heavy atom. The van der Waals surface area contributed by atoms with Gasteiger partial charge in [-0.2, -0.15) is 0 Å². The first-order valence-electron chi connectivity index (χ1n) is 5.77. The van der Waals surface area contributed by atoms with Gasteiger partial charge >= 0.3 is 0 Å². The summed E-state index contributed by atoms with van der Waals surface area (Å²) in [5.74, 6) is -0.235. The Morgan fingerprint density at radius 1 is 1.44 bits per heavy atom. The van der Waals surface area contributed by atoms with E-state index in [1.807, 2.05) is 13.0 Å². The summed E-state index contributed by atoms with van der Waals surface area (Å²) in [4.78, 5) is 24.1. The average Bonchev–Trinajstić information content (AvgIpc) is 2.75. The van der Waals surface area contributed by atoms with E-state index in [9.17, 15) is 9.59 Å². The maximum atomic E-state index is 11.8. The second-order valence-electron chi connectivity index (χ2n) is 4.06. The Labute approximate surface area is 110 Å². The number of carbonyl (C=O) groups is 2. The summed E-state index contributed by atoms with van der Waals surface area (Å²) >= 11 is 1.35. The molecule has 0 aliphatic heterocycles. The maximum Gasteiger partial charge on any atom is 0.261 e. The molecule has 1 aromatic heterocycles. The molecule has 0 aliphatic carbocycles. The van der Waals surface area contributed by atoms with Gasteiger partial charge in [0.25, 0.3) is 5.91 Å². The zero-order valence-electron chi connectivity index (χ0n) is 10.5. The molecule has 5 nitrogen and oxygen atoms in total. The summed E-state index contributed by atoms with van der Waals surface area (Å²) in [5, 5.41) is 14.2. The summed E-state index contributed by atoms with van der Waals surface area (Å²) in [6.07, 6.45) is 0.538. The highest BCUT2D eigenvalue weighted by Gasteiger charge is 2.11. The Bertz CT molecular complexity index is 417. The van der Waals surface area contributed by atoms with E-state index in [1.165, 1.54) is 18.3 Å². The zero-order chi connectivity index (χ0) is 13.5. The van der Waals surface area contributed by atoms with Crippen LogP contribution in [0.3, 0.4) is 0 Å². The maximum absolute atomic E-state index is 11.8. The van der Waals surface area contributed by atoms with Gasteiger partial charge in [-0.1, -0.05) is 0 Å². The number of amides is 2. The summed E-state index contributed by atoms with van der Waals surface area (Å²) < 4.78 is 0. The van der Waals surface area contributed by atoms with Crippen molar-refractivity contribution in [2.75, 3.05) is 6.61 Å². The molecule has 0 bridgehead atoms. The third-order valence-electron chi connectivity index (χ3n) is 2.34. The van der Waals surface area contributed by atoms with Gasteiger partial charge in [-0.15, -0.1) is 11.3 Å². The molecule has 1 unspecified atom stereocenters. The minimum Gasteiger partial charge on any atom is -0.396 e. The second-order valence-corrected chi connectivity index (χ2v) is 5.23. The van der Waals surface area contributed by atoms with Crippen LogP contribution in [0, 0.1) is 0 Å². The smallest absolute Gasteiger partial charge is 0.261 e. The van der Waals surface area contributed by atoms with Crippen molar-refractivity contribution in [1.82, 2.24) is 10.6 Å². The summed E-state index contributed by atoms with van der Waals surface area (Å²) in [5.41, 5.74) is 0. The Morgan fingerprint density at radius 3 is 2.78 bits per heavy atom. The third kappa shape index (κ3) is 4.85. The van der Waals surface area contributed by atoms with Crippen LogP contribution in [0.1, 0.15) is 34.8 Å². The molecule has 0 saturated heterocycles. The van der Waals surface area contributed by atoms with E-state index in [0.717, 1.165) is 4.88 Å². The lowest BCUT2D eigenvalue weighted by molar-refractivity contribution is -0.119. The number of carbonyl (C=O) groups excluding carboxylic acids is 2. The van der Waals surface area contributed by atoms with Gasteiger partial charge in [0.15, 0.2) is 0 Å². The van der Waals surface area contributed by atoms with Gasteiger partial charge in [0.05, 0.1) is 11.4 Å². The van der Waals surface area contributed by atoms with Crippen molar-refractivity contribution in [1.29, 1.82) is 0 Å². The van der Waals surface area contributed by atoms with Crippen LogP contribution in [0.25, 0.3) is 0 Å². The predicted molar refractivity (Wildman–Crippen MR) is 70.5 cm³/mol. The van der Waals surface area contributed by atoms with Gasteiger partial charge in [-0.25, -0.2) is 0 Å². The minimum absolute atomic E-state index is 0.0524. The molecule has 0 aromatic carbocycles. The van der Waals surface area contributed by atoms with Crippen LogP contribution in [0.5, 0.6) is 0 Å². The topological polar surface area (TPSA) is 78.4 Å². The van der Waals surface area contributed by atoms with Gasteiger partial charge < -0.3 is 15.7 Å². The molecule has 6 heteroatoms. The van der Waals surface area contributed by atoms with E-state index in [2.05, 4.69) is 10.6 Å². The van der Waals surface area contributed by atoms with Crippen LogP contribution in [0.15, 0.2) is 12.1 Å². The molecule has 0 radical (unpaired) electrons. The molecule has 1 atom stereocenters. The normalized spacial score (nSPS) is 11.9. The van der Waals surface area contributed by atoms with Crippen molar-refractivity contribution in [3.05, 3.63) is 21.9 Å². The summed E-state index contributed by atoms with van der Waals surface area (Å²) in [6.45, 7) is 3.80. The van der Waals surface area contributed by atoms with Crippen LogP contribution in [-0.2, 0) is 11.3 Å². The number of hydrogen-bond donors (Lipinski definition) is 3. The first kappa shape index (κ1) is 14.7. The quantitative estimate of drug-likeness (QED) is 0.718. The SMILES string of the molecule is CC(=O)NCc1ccc(C(=O)NC(C)CCO)s1. The molecule has 1 aromatic rings. The van der Waals surface area contributed by atoms with Crippen molar-refractivity contribution in [2.24, 2.45) is 0 Å². The van der Waals surface area contributed by atoms with Crippen LogP contribution < -0.4 is 10.6 Å². The number of nitrogens with one attached hydrogen (secondary N) is 2. The summed E-state index contributed by atoms with van der Waals surface area (Å²) in [7, 11) is 0. The fraction of sp³-hybridized carbons (Fsp3) is 0.500. The first-order valence-corrected chi connectivity index (χ1v) is 6.59. The van der Waals surface area contributed by atoms with Gasteiger partial charge in [-0.05, 0) is 25.5 Å². The van der Waals surface area contributed by atoms with E-state index in [-0.39, 0.29) is 24.5 Å². The van der Waals surface area contributed by atoms with Crippen LogP contribution in [0.4, 0.5) is 0 Å². The zero-order valence-corrected chi connectivity index (χ0v) is 11.3. The van der Waals surface area contributed by atoms with E-state index in [0.29, 0.717) is 17.8 Å². The number of hydrogen-bond acceptors (Lipinski definition) is 4. The Kier molecular flexibility index (Phi) is 5.80. The fourth-order valence-corrected chi connectivity index (χ4v) is 2.22. The minimum atomic E-state index is -0.143. The number of aliphatic hydroxyl groups excluding tert-OH is 1. The molecule has 0 saturated carbocycles. The van der Waals surface area contributed by atoms with Crippen molar-refractivity contribution in [3.8, 4) is 0 Å². The predicted octanol–water partition coefficient (Wildman–Crippen LogP) is 0.885. The van der Waals surface area contributed by atoms with Crippen LogP contribution in [-0.4, -0.2) is 29.6 Å². The van der Waals surface area contributed by atoms with Gasteiger partial charge in [0.1, 0.15) is 0 Å². The molecule has 2 amide bonds. The van der Waals surface area contributed by atoms with E-state index in [1.54, 1.807) is 6.07 Å². The monoisotopic (exact) mass is 270 g/mol. The van der Waals surface area contributed by atoms with Gasteiger partial charge in [0.2, 0.25) is 5.91 Å². The van der Waals surface area contributed by atoms with Crippen LogP contribution in [0.2, 0.25) is 0 Å². The lowest BCUT2D eigenvalue weighted by Gasteiger charge is -2.10. The largest absolute Gasteiger partial charge is 0.396 e. The molecule has 18 heavy (non-hydrogen) atoms. The Hall–Kier alpha value is -1.40. The van der Waals surface area contributed by atoms with E-state index >= 15 is 0 Å². The van der Waals surface area contributed by atoms with Gasteiger partial charge in [-0.3, -0.25) is 9.59 Å². The molecule has 0 fully saturated rings. The molecule has 100 valence electrons. The van der Waals surface area contributed by atoms with Gasteiger partial charge in [0, 0.05) is 24.4 Å². The van der Waals surface area contributed by atoms with E-state index in [4.69, 9.17) is 5.11 Å². The molecule has 3 N–H and O–H groups in total. The van der Waals surface area contributed by atoms with Crippen molar-refractivity contribution < 1.29 is 14.7 Å². The number of aliphatic hydroxyl groups is 1. The highest BCUT2D eigenvalue weighted by molar-refractivity contribution is 7.14. The van der Waals surface area contributed by atoms with Crippen molar-refractivity contribution in [2.45, 2.75) is 32.9 Å². The van der Waals surface area contributed by atoms with Crippen molar-refractivity contribution >= 4 is 23.2 Å². The highest BCUT2D eigenvalue weighted by atomic mass is 32.1. The fourth-order valence-electron chi connectivity index (χ4n) is 1.37. The molecule has 1 heterocycles. The number of thiophene rings is 1. The lowest BCUT2D eigenvalue weighted by atomic mass is 10.2. The molecular formula is C12H18N2O3S. The van der Waals surface area contributed by atoms with E-state index < -0.39 is 0 Å².